The number of benzene rings is 3. The molecule has 0 saturated carbocycles. The average molecular weight is 444 g/mol. The second-order valence-electron chi connectivity index (χ2n) is 8.28. The molecule has 3 aromatic carbocycles. The van der Waals surface area contributed by atoms with E-state index in [2.05, 4.69) is 5.32 Å². The normalized spacial score (nSPS) is 12.7. The summed E-state index contributed by atoms with van der Waals surface area (Å²) in [4.78, 5) is 28.7. The zero-order valence-corrected chi connectivity index (χ0v) is 19.4. The zero-order valence-electron chi connectivity index (χ0n) is 19.4. The van der Waals surface area contributed by atoms with Gasteiger partial charge in [-0.05, 0) is 43.0 Å². The molecule has 5 nitrogen and oxygen atoms in total. The fourth-order valence-corrected chi connectivity index (χ4v) is 4.01. The highest BCUT2D eigenvalue weighted by Crippen LogP contribution is 2.26. The molecule has 0 spiro atoms. The maximum absolute atomic E-state index is 13.6. The molecule has 2 amide bonds. The molecule has 0 radical (unpaired) electrons. The van der Waals surface area contributed by atoms with Crippen LogP contribution in [0.25, 0.3) is 0 Å². The van der Waals surface area contributed by atoms with Crippen LogP contribution >= 0.6 is 0 Å². The SMILES string of the molecule is C[C@H](c1ccccc1)N(C)C(=O)[C@@H](CCCN)NC(=O)C(c1ccccc1)c1ccccc1. The predicted molar refractivity (Wildman–Crippen MR) is 133 cm³/mol. The molecule has 3 rings (SSSR count). The Balaban J connectivity index is 1.84. The Morgan fingerprint density at radius 3 is 1.73 bits per heavy atom. The molecule has 0 aliphatic carbocycles. The highest BCUT2D eigenvalue weighted by Gasteiger charge is 2.30. The molecule has 0 heterocycles. The van der Waals surface area contributed by atoms with E-state index in [1.165, 1.54) is 0 Å². The van der Waals surface area contributed by atoms with Crippen molar-refractivity contribution in [3.05, 3.63) is 108 Å². The maximum atomic E-state index is 13.6. The van der Waals surface area contributed by atoms with E-state index >= 15 is 0 Å². The van der Waals surface area contributed by atoms with E-state index in [0.717, 1.165) is 16.7 Å². The molecular weight excluding hydrogens is 410 g/mol. The first-order valence-corrected chi connectivity index (χ1v) is 11.4. The van der Waals surface area contributed by atoms with Crippen molar-refractivity contribution < 1.29 is 9.59 Å². The summed E-state index contributed by atoms with van der Waals surface area (Å²) in [5, 5.41) is 3.05. The molecule has 0 fully saturated rings. The number of amides is 2. The summed E-state index contributed by atoms with van der Waals surface area (Å²) >= 11 is 0. The number of hydrogen-bond acceptors (Lipinski definition) is 3. The topological polar surface area (TPSA) is 75.4 Å². The molecular formula is C28H33N3O2. The third-order valence-electron chi connectivity index (χ3n) is 6.05. The maximum Gasteiger partial charge on any atom is 0.245 e. The van der Waals surface area contributed by atoms with E-state index < -0.39 is 12.0 Å². The first-order chi connectivity index (χ1) is 16.0. The first-order valence-electron chi connectivity index (χ1n) is 11.4. The molecule has 0 bridgehead atoms. The number of nitrogens with one attached hydrogen (secondary N) is 1. The highest BCUT2D eigenvalue weighted by atomic mass is 16.2. The van der Waals surface area contributed by atoms with Crippen LogP contribution in [-0.4, -0.2) is 36.3 Å². The van der Waals surface area contributed by atoms with Crippen LogP contribution in [0.1, 0.15) is 48.4 Å². The second kappa shape index (κ2) is 12.0. The lowest BCUT2D eigenvalue weighted by Crippen LogP contribution is -2.49. The van der Waals surface area contributed by atoms with Crippen LogP contribution in [0, 0.1) is 0 Å². The van der Waals surface area contributed by atoms with Gasteiger partial charge in [-0.25, -0.2) is 0 Å². The Hall–Kier alpha value is -3.44. The van der Waals surface area contributed by atoms with Gasteiger partial charge in [-0.1, -0.05) is 91.0 Å². The summed E-state index contributed by atoms with van der Waals surface area (Å²) in [6, 6.07) is 28.4. The largest absolute Gasteiger partial charge is 0.343 e. The third-order valence-corrected chi connectivity index (χ3v) is 6.05. The third kappa shape index (κ3) is 6.30. The fraction of sp³-hybridized carbons (Fsp3) is 0.286. The number of nitrogens with two attached hydrogens (primary N) is 1. The van der Waals surface area contributed by atoms with Crippen molar-refractivity contribution in [1.82, 2.24) is 10.2 Å². The molecule has 0 aromatic heterocycles. The lowest BCUT2D eigenvalue weighted by molar-refractivity contribution is -0.137. The van der Waals surface area contributed by atoms with Crippen LogP contribution in [0.15, 0.2) is 91.0 Å². The smallest absolute Gasteiger partial charge is 0.245 e. The van der Waals surface area contributed by atoms with Crippen molar-refractivity contribution in [2.45, 2.75) is 37.8 Å². The van der Waals surface area contributed by atoms with Gasteiger partial charge in [0, 0.05) is 7.05 Å². The Morgan fingerprint density at radius 1 is 0.818 bits per heavy atom. The van der Waals surface area contributed by atoms with E-state index in [0.29, 0.717) is 19.4 Å². The summed E-state index contributed by atoms with van der Waals surface area (Å²) in [7, 11) is 1.79. The van der Waals surface area contributed by atoms with Gasteiger partial charge < -0.3 is 16.0 Å². The number of nitrogens with zero attached hydrogens (tertiary/aromatic N) is 1. The van der Waals surface area contributed by atoms with Crippen LogP contribution in [0.4, 0.5) is 0 Å². The number of carbonyl (C=O) groups is 2. The number of hydrogen-bond donors (Lipinski definition) is 2. The van der Waals surface area contributed by atoms with E-state index in [-0.39, 0.29) is 17.9 Å². The second-order valence-corrected chi connectivity index (χ2v) is 8.28. The van der Waals surface area contributed by atoms with E-state index in [1.54, 1.807) is 11.9 Å². The lowest BCUT2D eigenvalue weighted by Gasteiger charge is -2.30. The number of rotatable bonds is 10. The van der Waals surface area contributed by atoms with Crippen molar-refractivity contribution in [2.75, 3.05) is 13.6 Å². The van der Waals surface area contributed by atoms with E-state index in [1.807, 2.05) is 97.9 Å². The molecule has 0 unspecified atom stereocenters. The molecule has 0 aliphatic heterocycles. The van der Waals surface area contributed by atoms with Crippen LogP contribution in [0.3, 0.4) is 0 Å². The summed E-state index contributed by atoms with van der Waals surface area (Å²) in [6.45, 7) is 2.45. The van der Waals surface area contributed by atoms with Crippen molar-refractivity contribution >= 4 is 11.8 Å². The van der Waals surface area contributed by atoms with Crippen molar-refractivity contribution in [3.63, 3.8) is 0 Å². The Kier molecular flexibility index (Phi) is 8.79. The molecule has 33 heavy (non-hydrogen) atoms. The monoisotopic (exact) mass is 443 g/mol. The van der Waals surface area contributed by atoms with E-state index in [4.69, 9.17) is 5.73 Å². The minimum absolute atomic E-state index is 0.116. The molecule has 5 heteroatoms. The lowest BCUT2D eigenvalue weighted by atomic mass is 9.90. The van der Waals surface area contributed by atoms with Crippen LogP contribution in [-0.2, 0) is 9.59 Å². The van der Waals surface area contributed by atoms with Crippen LogP contribution in [0.5, 0.6) is 0 Å². The Labute approximate surface area is 196 Å². The van der Waals surface area contributed by atoms with Gasteiger partial charge in [0.25, 0.3) is 0 Å². The zero-order chi connectivity index (χ0) is 23.6. The van der Waals surface area contributed by atoms with Gasteiger partial charge in [-0.2, -0.15) is 0 Å². The molecule has 0 aliphatic rings. The first kappa shape index (κ1) is 24.2. The minimum atomic E-state index is -0.646. The predicted octanol–water partition coefficient (Wildman–Crippen LogP) is 4.26. The van der Waals surface area contributed by atoms with Crippen LogP contribution < -0.4 is 11.1 Å². The number of carbonyl (C=O) groups excluding carboxylic acids is 2. The standard InChI is InChI=1S/C28H33N3O2/c1-21(22-13-6-3-7-14-22)31(2)28(33)25(19-12-20-29)30-27(32)26(23-15-8-4-9-16-23)24-17-10-5-11-18-24/h3-11,13-18,21,25-26H,12,19-20,29H2,1-2H3,(H,30,32)/t21-,25-/m1/s1. The minimum Gasteiger partial charge on any atom is -0.343 e. The molecule has 2 atom stereocenters. The summed E-state index contributed by atoms with van der Waals surface area (Å²) in [5.41, 5.74) is 8.56. The van der Waals surface area contributed by atoms with Gasteiger partial charge in [0.2, 0.25) is 11.8 Å². The van der Waals surface area contributed by atoms with Crippen molar-refractivity contribution in [3.8, 4) is 0 Å². The summed E-state index contributed by atoms with van der Waals surface area (Å²) < 4.78 is 0. The van der Waals surface area contributed by atoms with Gasteiger partial charge in [-0.3, -0.25) is 9.59 Å². The van der Waals surface area contributed by atoms with Gasteiger partial charge in [-0.15, -0.1) is 0 Å². The van der Waals surface area contributed by atoms with Gasteiger partial charge in [0.05, 0.1) is 12.0 Å². The van der Waals surface area contributed by atoms with Crippen molar-refractivity contribution in [2.24, 2.45) is 5.73 Å². The average Bonchev–Trinajstić information content (AvgIpc) is 2.87. The highest BCUT2D eigenvalue weighted by molar-refractivity contribution is 5.92. The fourth-order valence-electron chi connectivity index (χ4n) is 4.01. The Morgan fingerprint density at radius 2 is 1.27 bits per heavy atom. The summed E-state index contributed by atoms with van der Waals surface area (Å²) in [6.07, 6.45) is 1.13. The Bertz CT molecular complexity index is 970. The molecule has 3 aromatic rings. The quantitative estimate of drug-likeness (QED) is 0.492. The van der Waals surface area contributed by atoms with Gasteiger partial charge >= 0.3 is 0 Å². The number of likely N-dealkylation sites (N-methyl/N-ethyl adjacent to an activating group) is 1. The van der Waals surface area contributed by atoms with Gasteiger partial charge in [0.1, 0.15) is 6.04 Å². The van der Waals surface area contributed by atoms with Crippen molar-refractivity contribution in [1.29, 1.82) is 0 Å². The van der Waals surface area contributed by atoms with Crippen LogP contribution in [0.2, 0.25) is 0 Å². The molecule has 0 saturated heterocycles. The summed E-state index contributed by atoms with van der Waals surface area (Å²) in [5.74, 6) is -0.811. The van der Waals surface area contributed by atoms with Gasteiger partial charge in [0.15, 0.2) is 0 Å². The van der Waals surface area contributed by atoms with E-state index in [9.17, 15) is 9.59 Å². The molecule has 172 valence electrons. The molecule has 3 N–H and O–H groups in total.